The fourth-order valence-electron chi connectivity index (χ4n) is 1.75. The first-order chi connectivity index (χ1) is 9.38. The lowest BCUT2D eigenvalue weighted by molar-refractivity contribution is -0.114. The van der Waals surface area contributed by atoms with Crippen molar-refractivity contribution in [3.63, 3.8) is 0 Å². The molecule has 1 amide bonds. The number of nitrogens with one attached hydrogen (secondary N) is 1. The molecule has 2 N–H and O–H groups in total. The molecule has 0 heterocycles. The Balaban J connectivity index is 0.000000956. The van der Waals surface area contributed by atoms with Gasteiger partial charge in [0.2, 0.25) is 5.91 Å². The van der Waals surface area contributed by atoms with Gasteiger partial charge in [-0.05, 0) is 23.6 Å². The Hall–Kier alpha value is -1.92. The van der Waals surface area contributed by atoms with Crippen LogP contribution in [0.1, 0.15) is 20.8 Å². The molecule has 0 aliphatic heterocycles. The van der Waals surface area contributed by atoms with Crippen LogP contribution in [0.5, 0.6) is 0 Å². The number of rotatable bonds is 2. The molecule has 6 heteroatoms. The molecule has 0 saturated heterocycles. The minimum atomic E-state index is -4.29. The van der Waals surface area contributed by atoms with Crippen LogP contribution in [0.3, 0.4) is 0 Å². The van der Waals surface area contributed by atoms with Crippen LogP contribution in [0.15, 0.2) is 41.3 Å². The number of hydrogen-bond acceptors (Lipinski definition) is 3. The smallest absolute Gasteiger partial charge is 0.295 e. The van der Waals surface area contributed by atoms with Crippen molar-refractivity contribution >= 4 is 32.5 Å². The predicted octanol–water partition coefficient (Wildman–Crippen LogP) is 3.07. The van der Waals surface area contributed by atoms with Crippen LogP contribution < -0.4 is 5.32 Å². The summed E-state index contributed by atoms with van der Waals surface area (Å²) in [6.45, 7) is 5.36. The monoisotopic (exact) mass is 295 g/mol. The number of hydrogen-bond donors (Lipinski definition) is 2. The molecule has 0 aliphatic rings. The second-order valence-corrected chi connectivity index (χ2v) is 5.24. The van der Waals surface area contributed by atoms with Crippen molar-refractivity contribution in [2.75, 3.05) is 5.32 Å². The molecule has 0 spiro atoms. The summed E-state index contributed by atoms with van der Waals surface area (Å²) < 4.78 is 31.6. The van der Waals surface area contributed by atoms with Gasteiger partial charge in [-0.3, -0.25) is 9.35 Å². The molecule has 0 unspecified atom stereocenters. The van der Waals surface area contributed by atoms with Gasteiger partial charge in [0.1, 0.15) is 4.90 Å². The van der Waals surface area contributed by atoms with Gasteiger partial charge in [-0.15, -0.1) is 0 Å². The summed E-state index contributed by atoms with van der Waals surface area (Å²) >= 11 is 0. The van der Waals surface area contributed by atoms with Crippen LogP contribution in [0.25, 0.3) is 10.8 Å². The van der Waals surface area contributed by atoms with E-state index in [0.29, 0.717) is 16.5 Å². The van der Waals surface area contributed by atoms with E-state index in [0.717, 1.165) is 0 Å². The summed E-state index contributed by atoms with van der Waals surface area (Å²) in [6, 6.07) is 9.44. The number of fused-ring (bicyclic) bond motifs is 1. The predicted molar refractivity (Wildman–Crippen MR) is 79.4 cm³/mol. The molecule has 0 aliphatic carbocycles. The highest BCUT2D eigenvalue weighted by Gasteiger charge is 2.13. The number of carbonyl (C=O) groups is 1. The average Bonchev–Trinajstić information content (AvgIpc) is 2.38. The van der Waals surface area contributed by atoms with Crippen LogP contribution in [0.4, 0.5) is 5.69 Å². The third kappa shape index (κ3) is 3.79. The lowest BCUT2D eigenvalue weighted by atomic mass is 10.1. The molecule has 0 atom stereocenters. The quantitative estimate of drug-likeness (QED) is 0.834. The van der Waals surface area contributed by atoms with E-state index in [1.54, 1.807) is 24.3 Å². The van der Waals surface area contributed by atoms with E-state index < -0.39 is 10.1 Å². The van der Waals surface area contributed by atoms with Crippen molar-refractivity contribution in [2.24, 2.45) is 0 Å². The largest absolute Gasteiger partial charge is 0.326 e. The van der Waals surface area contributed by atoms with E-state index in [9.17, 15) is 13.2 Å². The fourth-order valence-corrected chi connectivity index (χ4v) is 2.46. The zero-order chi connectivity index (χ0) is 15.3. The molecule has 108 valence electrons. The van der Waals surface area contributed by atoms with Gasteiger partial charge in [-0.1, -0.05) is 32.0 Å². The van der Waals surface area contributed by atoms with Crippen LogP contribution in [-0.4, -0.2) is 18.9 Å². The summed E-state index contributed by atoms with van der Waals surface area (Å²) in [4.78, 5) is 10.8. The summed E-state index contributed by atoms with van der Waals surface area (Å²) in [5.41, 5.74) is 0.478. The third-order valence-corrected chi connectivity index (χ3v) is 3.35. The van der Waals surface area contributed by atoms with Crippen molar-refractivity contribution in [2.45, 2.75) is 25.7 Å². The molecule has 0 saturated carbocycles. The molecular weight excluding hydrogens is 278 g/mol. The maximum atomic E-state index is 11.2. The second kappa shape index (κ2) is 6.49. The zero-order valence-electron chi connectivity index (χ0n) is 11.5. The van der Waals surface area contributed by atoms with E-state index >= 15 is 0 Å². The van der Waals surface area contributed by atoms with Crippen LogP contribution in [0.2, 0.25) is 0 Å². The molecule has 2 rings (SSSR count). The molecule has 2 aromatic carbocycles. The first-order valence-electron chi connectivity index (χ1n) is 6.16. The first-order valence-corrected chi connectivity index (χ1v) is 7.60. The Kier molecular flexibility index (Phi) is 5.24. The first kappa shape index (κ1) is 16.1. The van der Waals surface area contributed by atoms with Gasteiger partial charge >= 0.3 is 0 Å². The topological polar surface area (TPSA) is 83.5 Å². The highest BCUT2D eigenvalue weighted by molar-refractivity contribution is 7.86. The van der Waals surface area contributed by atoms with E-state index in [-0.39, 0.29) is 10.8 Å². The minimum absolute atomic E-state index is 0.174. The number of anilines is 1. The van der Waals surface area contributed by atoms with E-state index in [4.69, 9.17) is 4.55 Å². The van der Waals surface area contributed by atoms with E-state index in [2.05, 4.69) is 5.32 Å². The van der Waals surface area contributed by atoms with Gasteiger partial charge in [0, 0.05) is 18.0 Å². The van der Waals surface area contributed by atoms with Gasteiger partial charge in [-0.2, -0.15) is 8.42 Å². The Morgan fingerprint density at radius 3 is 2.35 bits per heavy atom. The van der Waals surface area contributed by atoms with Crippen molar-refractivity contribution in [3.05, 3.63) is 36.4 Å². The minimum Gasteiger partial charge on any atom is -0.326 e. The summed E-state index contributed by atoms with van der Waals surface area (Å²) in [5, 5.41) is 3.59. The lowest BCUT2D eigenvalue weighted by Crippen LogP contribution is -2.06. The maximum Gasteiger partial charge on any atom is 0.295 e. The van der Waals surface area contributed by atoms with Crippen LogP contribution in [0, 0.1) is 0 Å². The van der Waals surface area contributed by atoms with Crippen LogP contribution >= 0.6 is 0 Å². The number of amides is 1. The van der Waals surface area contributed by atoms with E-state index in [1.807, 2.05) is 13.8 Å². The molecular formula is C14H17NO4S. The molecule has 20 heavy (non-hydrogen) atoms. The highest BCUT2D eigenvalue weighted by atomic mass is 32.2. The summed E-state index contributed by atoms with van der Waals surface area (Å²) in [7, 11) is -4.29. The van der Waals surface area contributed by atoms with Crippen molar-refractivity contribution in [1.29, 1.82) is 0 Å². The Bertz CT molecular complexity index is 723. The van der Waals surface area contributed by atoms with Crippen molar-refractivity contribution < 1.29 is 17.8 Å². The SMILES string of the molecule is CC.CC(=O)Nc1ccc2cccc(S(=O)(=O)O)c2c1. The maximum absolute atomic E-state index is 11.2. The van der Waals surface area contributed by atoms with Gasteiger partial charge in [0.05, 0.1) is 0 Å². The van der Waals surface area contributed by atoms with Gasteiger partial charge in [0.25, 0.3) is 10.1 Å². The number of carbonyl (C=O) groups excluding carboxylic acids is 1. The molecule has 0 fully saturated rings. The molecule has 5 nitrogen and oxygen atoms in total. The molecule has 2 aromatic rings. The zero-order valence-corrected chi connectivity index (χ0v) is 12.4. The standard InChI is InChI=1S/C12H11NO4S.C2H6/c1-8(14)13-10-6-5-9-3-2-4-12(11(9)7-10)18(15,16)17;1-2/h2-7H,1H3,(H,13,14)(H,15,16,17);1-2H3. The Labute approximate surface area is 118 Å². The van der Waals surface area contributed by atoms with Crippen LogP contribution in [-0.2, 0) is 14.9 Å². The van der Waals surface area contributed by atoms with E-state index in [1.165, 1.54) is 19.1 Å². The number of benzene rings is 2. The average molecular weight is 295 g/mol. The molecule has 0 aromatic heterocycles. The second-order valence-electron chi connectivity index (χ2n) is 3.85. The Morgan fingerprint density at radius 2 is 1.80 bits per heavy atom. The Morgan fingerprint density at radius 1 is 1.15 bits per heavy atom. The van der Waals surface area contributed by atoms with Crippen molar-refractivity contribution in [1.82, 2.24) is 0 Å². The molecule has 0 bridgehead atoms. The van der Waals surface area contributed by atoms with Gasteiger partial charge in [-0.25, -0.2) is 0 Å². The summed E-state index contributed by atoms with van der Waals surface area (Å²) in [5.74, 6) is -0.251. The lowest BCUT2D eigenvalue weighted by Gasteiger charge is -2.07. The van der Waals surface area contributed by atoms with Crippen molar-refractivity contribution in [3.8, 4) is 0 Å². The summed E-state index contributed by atoms with van der Waals surface area (Å²) in [6.07, 6.45) is 0. The normalized spacial score (nSPS) is 10.6. The fraction of sp³-hybridized carbons (Fsp3) is 0.214. The van der Waals surface area contributed by atoms with Gasteiger partial charge in [0.15, 0.2) is 0 Å². The van der Waals surface area contributed by atoms with Gasteiger partial charge < -0.3 is 5.32 Å². The third-order valence-electron chi connectivity index (χ3n) is 2.44. The molecule has 0 radical (unpaired) electrons. The highest BCUT2D eigenvalue weighted by Crippen LogP contribution is 2.25.